The highest BCUT2D eigenvalue weighted by molar-refractivity contribution is 5.68. The number of anilines is 2. The van der Waals surface area contributed by atoms with Gasteiger partial charge in [-0.2, -0.15) is 14.6 Å². The van der Waals surface area contributed by atoms with Gasteiger partial charge in [0.05, 0.1) is 24.8 Å². The van der Waals surface area contributed by atoms with Crippen molar-refractivity contribution < 1.29 is 23.4 Å². The highest BCUT2D eigenvalue weighted by Crippen LogP contribution is 2.40. The van der Waals surface area contributed by atoms with Gasteiger partial charge >= 0.3 is 6.09 Å². The van der Waals surface area contributed by atoms with Crippen molar-refractivity contribution in [1.29, 1.82) is 5.26 Å². The molecule has 10 heteroatoms. The fourth-order valence-corrected chi connectivity index (χ4v) is 4.21. The van der Waals surface area contributed by atoms with Gasteiger partial charge in [-0.15, -0.1) is 0 Å². The van der Waals surface area contributed by atoms with Gasteiger partial charge in [-0.1, -0.05) is 0 Å². The number of benzene rings is 1. The van der Waals surface area contributed by atoms with Gasteiger partial charge in [0.2, 0.25) is 5.82 Å². The van der Waals surface area contributed by atoms with E-state index in [1.807, 2.05) is 13.0 Å². The molecule has 33 heavy (non-hydrogen) atoms. The molecule has 1 amide bonds. The van der Waals surface area contributed by atoms with E-state index in [1.165, 1.54) is 6.33 Å². The van der Waals surface area contributed by atoms with Crippen molar-refractivity contribution in [3.05, 3.63) is 42.0 Å². The Balaban J connectivity index is 1.28. The molecule has 2 aromatic rings. The standard InChI is InChI=1S/C23H24FN5O4/c1-23(6-7-23)33-22(30)29-9-15-11-31-12-16(10-29)19(15)32-21-18(24)20(26-13-27-21)28-17-4-2-14(8-25)3-5-17/h2-5,13,15-16,19H,6-7,9-12H2,1H3,(H,26,27,28). The number of ether oxygens (including phenoxy) is 3. The number of rotatable bonds is 5. The number of nitrogens with zero attached hydrogens (tertiary/aromatic N) is 4. The molecule has 172 valence electrons. The maximum absolute atomic E-state index is 15.2. The number of piperidine rings is 1. The summed E-state index contributed by atoms with van der Waals surface area (Å²) in [4.78, 5) is 22.3. The Bertz CT molecular complexity index is 1070. The fraction of sp³-hybridized carbons (Fsp3) is 0.478. The van der Waals surface area contributed by atoms with E-state index >= 15 is 4.39 Å². The van der Waals surface area contributed by atoms with Crippen LogP contribution in [0.25, 0.3) is 0 Å². The lowest BCUT2D eigenvalue weighted by Gasteiger charge is -2.46. The number of likely N-dealkylation sites (tertiary alicyclic amines) is 1. The number of nitriles is 1. The van der Waals surface area contributed by atoms with Gasteiger partial charge in [-0.3, -0.25) is 0 Å². The number of nitrogens with one attached hydrogen (secondary N) is 1. The summed E-state index contributed by atoms with van der Waals surface area (Å²) in [7, 11) is 0. The zero-order chi connectivity index (χ0) is 23.0. The number of hydrogen-bond donors (Lipinski definition) is 1. The lowest BCUT2D eigenvalue weighted by Crippen LogP contribution is -2.59. The second kappa shape index (κ2) is 8.48. The van der Waals surface area contributed by atoms with Crippen LogP contribution in [0.3, 0.4) is 0 Å². The van der Waals surface area contributed by atoms with Gasteiger partial charge in [-0.25, -0.2) is 9.78 Å². The van der Waals surface area contributed by atoms with E-state index in [2.05, 4.69) is 15.3 Å². The zero-order valence-corrected chi connectivity index (χ0v) is 18.2. The lowest BCUT2D eigenvalue weighted by atomic mass is 9.84. The van der Waals surface area contributed by atoms with Crippen LogP contribution in [-0.4, -0.2) is 59.0 Å². The van der Waals surface area contributed by atoms with Crippen LogP contribution in [0.5, 0.6) is 5.88 Å². The lowest BCUT2D eigenvalue weighted by molar-refractivity contribution is -0.112. The topological polar surface area (TPSA) is 110 Å². The molecule has 2 aliphatic heterocycles. The molecule has 2 bridgehead atoms. The van der Waals surface area contributed by atoms with Crippen LogP contribution in [0.4, 0.5) is 20.7 Å². The third-order valence-corrected chi connectivity index (χ3v) is 6.33. The second-order valence-electron chi connectivity index (χ2n) is 9.02. The molecule has 2 saturated heterocycles. The van der Waals surface area contributed by atoms with Gasteiger partial charge in [0.1, 0.15) is 18.0 Å². The first-order chi connectivity index (χ1) is 15.9. The number of aromatic nitrogens is 2. The largest absolute Gasteiger partial charge is 0.471 e. The van der Waals surface area contributed by atoms with E-state index in [1.54, 1.807) is 29.2 Å². The Morgan fingerprint density at radius 2 is 1.94 bits per heavy atom. The van der Waals surface area contributed by atoms with E-state index in [4.69, 9.17) is 19.5 Å². The van der Waals surface area contributed by atoms with Gasteiger partial charge in [-0.05, 0) is 44.0 Å². The van der Waals surface area contributed by atoms with Crippen LogP contribution in [0.15, 0.2) is 30.6 Å². The maximum atomic E-state index is 15.2. The van der Waals surface area contributed by atoms with Crippen LogP contribution < -0.4 is 10.1 Å². The van der Waals surface area contributed by atoms with Gasteiger partial charge in [0.25, 0.3) is 5.88 Å². The summed E-state index contributed by atoms with van der Waals surface area (Å²) in [5, 5.41) is 11.8. The Hall–Kier alpha value is -3.45. The van der Waals surface area contributed by atoms with Gasteiger partial charge < -0.3 is 24.4 Å². The average Bonchev–Trinajstić information content (AvgIpc) is 3.53. The van der Waals surface area contributed by atoms with E-state index < -0.39 is 5.82 Å². The number of amides is 1. The van der Waals surface area contributed by atoms with E-state index in [0.717, 1.165) is 12.8 Å². The summed E-state index contributed by atoms with van der Waals surface area (Å²) in [5.74, 6) is -1.12. The first kappa shape index (κ1) is 21.4. The Labute approximate surface area is 190 Å². The number of carbonyl (C=O) groups is 1. The molecule has 0 spiro atoms. The van der Waals surface area contributed by atoms with E-state index in [0.29, 0.717) is 37.6 Å². The summed E-state index contributed by atoms with van der Waals surface area (Å²) in [6.45, 7) is 3.58. The molecule has 1 aromatic heterocycles. The molecule has 1 N–H and O–H groups in total. The average molecular weight is 453 g/mol. The molecule has 3 fully saturated rings. The van der Waals surface area contributed by atoms with Crippen molar-refractivity contribution >= 4 is 17.6 Å². The summed E-state index contributed by atoms with van der Waals surface area (Å²) >= 11 is 0. The number of halogens is 1. The van der Waals surface area contributed by atoms with Crippen LogP contribution in [-0.2, 0) is 9.47 Å². The highest BCUT2D eigenvalue weighted by atomic mass is 19.1. The molecular weight excluding hydrogens is 429 g/mol. The number of carbonyl (C=O) groups excluding carboxylic acids is 1. The van der Waals surface area contributed by atoms with Crippen molar-refractivity contribution in [3.8, 4) is 11.9 Å². The summed E-state index contributed by atoms with van der Waals surface area (Å²) in [6.07, 6.45) is 2.36. The van der Waals surface area contributed by atoms with E-state index in [9.17, 15) is 4.79 Å². The maximum Gasteiger partial charge on any atom is 0.410 e. The zero-order valence-electron chi connectivity index (χ0n) is 18.2. The van der Waals surface area contributed by atoms with Crippen LogP contribution >= 0.6 is 0 Å². The molecular formula is C23H24FN5O4. The minimum Gasteiger partial charge on any atom is -0.471 e. The van der Waals surface area contributed by atoms with Crippen molar-refractivity contribution in [3.63, 3.8) is 0 Å². The van der Waals surface area contributed by atoms with Gasteiger partial charge in [0, 0.05) is 30.6 Å². The highest BCUT2D eigenvalue weighted by Gasteiger charge is 2.47. The van der Waals surface area contributed by atoms with Crippen molar-refractivity contribution in [2.75, 3.05) is 31.6 Å². The molecule has 1 saturated carbocycles. The quantitative estimate of drug-likeness (QED) is 0.735. The second-order valence-corrected chi connectivity index (χ2v) is 9.02. The van der Waals surface area contributed by atoms with Crippen molar-refractivity contribution in [2.24, 2.45) is 11.8 Å². The normalized spacial score (nSPS) is 25.0. The Kier molecular flexibility index (Phi) is 5.50. The molecule has 3 aliphatic rings. The molecule has 2 unspecified atom stereocenters. The molecule has 1 aromatic carbocycles. The number of fused-ring (bicyclic) bond motifs is 2. The van der Waals surface area contributed by atoms with E-state index in [-0.39, 0.29) is 41.3 Å². The number of hydrogen-bond acceptors (Lipinski definition) is 8. The van der Waals surface area contributed by atoms with Crippen molar-refractivity contribution in [2.45, 2.75) is 31.5 Å². The molecule has 1 aliphatic carbocycles. The Morgan fingerprint density at radius 1 is 1.24 bits per heavy atom. The third kappa shape index (κ3) is 4.54. The van der Waals surface area contributed by atoms with Gasteiger partial charge in [0.15, 0.2) is 5.82 Å². The molecule has 3 heterocycles. The van der Waals surface area contributed by atoms with Crippen molar-refractivity contribution in [1.82, 2.24) is 14.9 Å². The predicted octanol–water partition coefficient (Wildman–Crippen LogP) is 3.25. The Morgan fingerprint density at radius 3 is 2.58 bits per heavy atom. The summed E-state index contributed by atoms with van der Waals surface area (Å²) < 4.78 is 32.5. The monoisotopic (exact) mass is 453 g/mol. The minimum absolute atomic E-state index is 0.0233. The van der Waals surface area contributed by atoms with Crippen LogP contribution in [0, 0.1) is 29.0 Å². The smallest absolute Gasteiger partial charge is 0.410 e. The molecule has 0 radical (unpaired) electrons. The fourth-order valence-electron chi connectivity index (χ4n) is 4.21. The minimum atomic E-state index is -0.704. The molecule has 9 nitrogen and oxygen atoms in total. The molecule has 2 atom stereocenters. The van der Waals surface area contributed by atoms with Crippen LogP contribution in [0.2, 0.25) is 0 Å². The first-order valence-electron chi connectivity index (χ1n) is 10.9. The summed E-state index contributed by atoms with van der Waals surface area (Å²) in [5.41, 5.74) is 0.750. The summed E-state index contributed by atoms with van der Waals surface area (Å²) in [6, 6.07) is 8.62. The third-order valence-electron chi connectivity index (χ3n) is 6.33. The SMILES string of the molecule is CC1(OC(=O)N2CC3COCC(C2)C3Oc2ncnc(Nc3ccc(C#N)cc3)c2F)CC1. The first-order valence-corrected chi connectivity index (χ1v) is 10.9. The molecule has 5 rings (SSSR count). The predicted molar refractivity (Wildman–Crippen MR) is 114 cm³/mol. The van der Waals surface area contributed by atoms with Crippen LogP contribution in [0.1, 0.15) is 25.3 Å².